The second-order valence-electron chi connectivity index (χ2n) is 4.22. The maximum absolute atomic E-state index is 12.1. The van der Waals surface area contributed by atoms with Crippen LogP contribution in [-0.4, -0.2) is 6.18 Å². The highest BCUT2D eigenvalue weighted by atomic mass is 35.5. The van der Waals surface area contributed by atoms with Gasteiger partial charge in [0.25, 0.3) is 0 Å². The maximum atomic E-state index is 12.1. The van der Waals surface area contributed by atoms with Gasteiger partial charge in [0.1, 0.15) is 0 Å². The smallest absolute Gasteiger partial charge is 0.324 e. The normalized spacial score (nSPS) is 13.8. The predicted octanol–water partition coefficient (Wildman–Crippen LogP) is 4.30. The number of alkyl halides is 3. The van der Waals surface area contributed by atoms with E-state index in [-0.39, 0.29) is 6.42 Å². The van der Waals surface area contributed by atoms with Crippen LogP contribution in [0.4, 0.5) is 13.2 Å². The Hall–Kier alpha value is -0.740. The molecule has 96 valence electrons. The lowest BCUT2D eigenvalue weighted by molar-refractivity contribution is -0.136. The molecule has 1 aromatic rings. The molecular weight excluding hydrogens is 251 g/mol. The first-order valence-corrected chi connectivity index (χ1v) is 5.67. The largest absolute Gasteiger partial charge is 0.389 e. The molecule has 0 spiro atoms. The van der Waals surface area contributed by atoms with Crippen LogP contribution in [0.5, 0.6) is 0 Å². The maximum Gasteiger partial charge on any atom is 0.389 e. The first kappa shape index (κ1) is 14.3. The fraction of sp³-hybridized carbons (Fsp3) is 0.500. The number of aryl methyl sites for hydroxylation is 2. The number of halogens is 4. The van der Waals surface area contributed by atoms with E-state index in [9.17, 15) is 13.2 Å². The minimum Gasteiger partial charge on any atom is -0.324 e. The molecule has 0 amide bonds. The molecule has 5 heteroatoms. The Morgan fingerprint density at radius 1 is 1.24 bits per heavy atom. The molecule has 1 aromatic carbocycles. The van der Waals surface area contributed by atoms with Crippen LogP contribution < -0.4 is 5.73 Å². The van der Waals surface area contributed by atoms with Gasteiger partial charge in [-0.25, -0.2) is 0 Å². The van der Waals surface area contributed by atoms with E-state index < -0.39 is 18.6 Å². The van der Waals surface area contributed by atoms with Crippen molar-refractivity contribution in [2.45, 2.75) is 38.9 Å². The van der Waals surface area contributed by atoms with E-state index in [1.165, 1.54) is 0 Å². The second-order valence-corrected chi connectivity index (χ2v) is 4.63. The number of hydrogen-bond donors (Lipinski definition) is 1. The molecule has 0 saturated heterocycles. The van der Waals surface area contributed by atoms with Crippen molar-refractivity contribution in [3.63, 3.8) is 0 Å². The third-order valence-electron chi connectivity index (χ3n) is 2.69. The van der Waals surface area contributed by atoms with Crippen molar-refractivity contribution in [3.05, 3.63) is 33.8 Å². The molecule has 0 aliphatic heterocycles. The molecule has 0 aliphatic carbocycles. The summed E-state index contributed by atoms with van der Waals surface area (Å²) < 4.78 is 36.3. The van der Waals surface area contributed by atoms with Gasteiger partial charge in [0.15, 0.2) is 0 Å². The molecule has 0 heterocycles. The van der Waals surface area contributed by atoms with Gasteiger partial charge in [-0.05, 0) is 43.0 Å². The molecule has 1 unspecified atom stereocenters. The van der Waals surface area contributed by atoms with Crippen LogP contribution in [0.2, 0.25) is 5.02 Å². The lowest BCUT2D eigenvalue weighted by Crippen LogP contribution is -2.16. The minimum absolute atomic E-state index is 0.106. The average Bonchev–Trinajstić information content (AvgIpc) is 2.19. The molecular formula is C12H15ClF3N. The van der Waals surface area contributed by atoms with Crippen LogP contribution in [0.1, 0.15) is 35.6 Å². The van der Waals surface area contributed by atoms with Crippen molar-refractivity contribution in [2.24, 2.45) is 5.73 Å². The first-order chi connectivity index (χ1) is 7.70. The Morgan fingerprint density at radius 2 is 1.82 bits per heavy atom. The molecule has 1 rings (SSSR count). The van der Waals surface area contributed by atoms with Crippen LogP contribution in [-0.2, 0) is 0 Å². The summed E-state index contributed by atoms with van der Waals surface area (Å²) in [5, 5.41) is 0.606. The third kappa shape index (κ3) is 4.21. The van der Waals surface area contributed by atoms with E-state index in [0.717, 1.165) is 16.7 Å². The van der Waals surface area contributed by atoms with Crippen molar-refractivity contribution in [3.8, 4) is 0 Å². The Morgan fingerprint density at radius 3 is 2.35 bits per heavy atom. The van der Waals surface area contributed by atoms with E-state index in [2.05, 4.69) is 0 Å². The summed E-state index contributed by atoms with van der Waals surface area (Å²) in [4.78, 5) is 0. The number of hydrogen-bond acceptors (Lipinski definition) is 1. The van der Waals surface area contributed by atoms with E-state index in [4.69, 9.17) is 17.3 Å². The predicted molar refractivity (Wildman–Crippen MR) is 63.1 cm³/mol. The monoisotopic (exact) mass is 265 g/mol. The number of rotatable bonds is 3. The van der Waals surface area contributed by atoms with Gasteiger partial charge in [0.05, 0.1) is 0 Å². The van der Waals surface area contributed by atoms with Crippen molar-refractivity contribution in [1.82, 2.24) is 0 Å². The van der Waals surface area contributed by atoms with Crippen LogP contribution in [0.3, 0.4) is 0 Å². The number of benzene rings is 1. The van der Waals surface area contributed by atoms with Gasteiger partial charge in [0, 0.05) is 17.5 Å². The molecule has 0 aromatic heterocycles. The Kier molecular flexibility index (Phi) is 4.44. The summed E-state index contributed by atoms with van der Waals surface area (Å²) in [7, 11) is 0. The quantitative estimate of drug-likeness (QED) is 0.866. The molecule has 0 fully saturated rings. The Bertz CT molecular complexity index is 401. The highest BCUT2D eigenvalue weighted by Gasteiger charge is 2.28. The zero-order valence-corrected chi connectivity index (χ0v) is 10.5. The molecule has 17 heavy (non-hydrogen) atoms. The molecule has 2 N–H and O–H groups in total. The van der Waals surface area contributed by atoms with E-state index in [1.54, 1.807) is 19.1 Å². The zero-order chi connectivity index (χ0) is 13.2. The van der Waals surface area contributed by atoms with E-state index in [0.29, 0.717) is 5.02 Å². The fourth-order valence-electron chi connectivity index (χ4n) is 1.68. The van der Waals surface area contributed by atoms with Gasteiger partial charge >= 0.3 is 6.18 Å². The summed E-state index contributed by atoms with van der Waals surface area (Å²) in [6, 6.07) is 2.89. The molecule has 1 nitrogen and oxygen atoms in total. The van der Waals surface area contributed by atoms with Crippen LogP contribution >= 0.6 is 11.6 Å². The van der Waals surface area contributed by atoms with Gasteiger partial charge in [-0.15, -0.1) is 0 Å². The summed E-state index contributed by atoms with van der Waals surface area (Å²) in [6.45, 7) is 3.61. The molecule has 0 radical (unpaired) electrons. The Balaban J connectivity index is 2.82. The molecule has 1 atom stereocenters. The number of nitrogens with two attached hydrogens (primary N) is 1. The van der Waals surface area contributed by atoms with Crippen LogP contribution in [0, 0.1) is 13.8 Å². The summed E-state index contributed by atoms with van der Waals surface area (Å²) >= 11 is 5.92. The van der Waals surface area contributed by atoms with Gasteiger partial charge in [-0.2, -0.15) is 13.2 Å². The molecule has 0 bridgehead atoms. The fourth-order valence-corrected chi connectivity index (χ4v) is 1.90. The Labute approximate surface area is 104 Å². The highest BCUT2D eigenvalue weighted by Crippen LogP contribution is 2.29. The highest BCUT2D eigenvalue weighted by molar-refractivity contribution is 6.31. The van der Waals surface area contributed by atoms with Gasteiger partial charge in [-0.3, -0.25) is 0 Å². The molecule has 0 aliphatic rings. The van der Waals surface area contributed by atoms with Crippen molar-refractivity contribution < 1.29 is 13.2 Å². The standard InChI is InChI=1S/C12H15ClF3N/c1-7-6-10(13)8(2)5-9(7)11(17)3-4-12(14,15)16/h5-6,11H,3-4,17H2,1-2H3. The summed E-state index contributed by atoms with van der Waals surface area (Å²) in [5.41, 5.74) is 8.17. The van der Waals surface area contributed by atoms with Crippen molar-refractivity contribution in [2.75, 3.05) is 0 Å². The second kappa shape index (κ2) is 5.27. The van der Waals surface area contributed by atoms with Crippen LogP contribution in [0.25, 0.3) is 0 Å². The lowest BCUT2D eigenvalue weighted by atomic mass is 9.96. The summed E-state index contributed by atoms with van der Waals surface area (Å²) in [6.07, 6.45) is -5.13. The van der Waals surface area contributed by atoms with Gasteiger partial charge in [-0.1, -0.05) is 17.7 Å². The van der Waals surface area contributed by atoms with Gasteiger partial charge < -0.3 is 5.73 Å². The lowest BCUT2D eigenvalue weighted by Gasteiger charge is -2.17. The SMILES string of the molecule is Cc1cc(C(N)CCC(F)(F)F)c(C)cc1Cl. The minimum atomic E-state index is -4.16. The first-order valence-electron chi connectivity index (χ1n) is 5.29. The third-order valence-corrected chi connectivity index (χ3v) is 3.09. The topological polar surface area (TPSA) is 26.0 Å². The van der Waals surface area contributed by atoms with Crippen molar-refractivity contribution >= 4 is 11.6 Å². The summed E-state index contributed by atoms with van der Waals surface area (Å²) in [5.74, 6) is 0. The van der Waals surface area contributed by atoms with Gasteiger partial charge in [0.2, 0.25) is 0 Å². The van der Waals surface area contributed by atoms with E-state index in [1.807, 2.05) is 6.92 Å². The van der Waals surface area contributed by atoms with E-state index >= 15 is 0 Å². The van der Waals surface area contributed by atoms with Crippen LogP contribution in [0.15, 0.2) is 12.1 Å². The van der Waals surface area contributed by atoms with Crippen molar-refractivity contribution in [1.29, 1.82) is 0 Å². The molecule has 0 saturated carbocycles. The average molecular weight is 266 g/mol. The zero-order valence-electron chi connectivity index (χ0n) is 9.74.